The minimum atomic E-state index is 0.645. The van der Waals surface area contributed by atoms with Crippen LogP contribution in [0.4, 0.5) is 0 Å². The predicted octanol–water partition coefficient (Wildman–Crippen LogP) is 3.52. The molecular formula is C15H34N2. The summed E-state index contributed by atoms with van der Waals surface area (Å²) in [6.07, 6.45) is 6.51. The Labute approximate surface area is 109 Å². The molecule has 0 aromatic carbocycles. The Bertz CT molecular complexity index is 156. The molecule has 0 aliphatic heterocycles. The first-order valence-electron chi connectivity index (χ1n) is 7.40. The molecule has 0 fully saturated rings. The topological polar surface area (TPSA) is 15.3 Å². The van der Waals surface area contributed by atoms with Gasteiger partial charge in [0, 0.05) is 18.6 Å². The minimum absolute atomic E-state index is 0.645. The summed E-state index contributed by atoms with van der Waals surface area (Å²) in [7, 11) is 4.34. The smallest absolute Gasteiger partial charge is 0.0199 e. The summed E-state index contributed by atoms with van der Waals surface area (Å²) in [5.41, 5.74) is 0. The molecule has 104 valence electrons. The lowest BCUT2D eigenvalue weighted by Crippen LogP contribution is -2.44. The molecule has 0 saturated heterocycles. The summed E-state index contributed by atoms with van der Waals surface area (Å²) < 4.78 is 0. The lowest BCUT2D eigenvalue weighted by Gasteiger charge is -2.28. The van der Waals surface area contributed by atoms with Crippen molar-refractivity contribution in [2.45, 2.75) is 71.9 Å². The first-order valence-corrected chi connectivity index (χ1v) is 7.40. The van der Waals surface area contributed by atoms with Crippen LogP contribution in [-0.4, -0.2) is 37.6 Å². The molecule has 17 heavy (non-hydrogen) atoms. The first-order chi connectivity index (χ1) is 7.99. The van der Waals surface area contributed by atoms with Gasteiger partial charge in [-0.3, -0.25) is 0 Å². The van der Waals surface area contributed by atoms with Crippen molar-refractivity contribution in [3.8, 4) is 0 Å². The number of hydrogen-bond donors (Lipinski definition) is 1. The molecule has 2 unspecified atom stereocenters. The highest BCUT2D eigenvalue weighted by molar-refractivity contribution is 4.76. The molecule has 2 heteroatoms. The van der Waals surface area contributed by atoms with E-state index in [1.807, 2.05) is 0 Å². The summed E-state index contributed by atoms with van der Waals surface area (Å²) in [6.45, 7) is 10.4. The molecule has 0 spiro atoms. The van der Waals surface area contributed by atoms with Crippen LogP contribution in [0.15, 0.2) is 0 Å². The number of nitrogens with zero attached hydrogens (tertiary/aromatic N) is 1. The molecular weight excluding hydrogens is 208 g/mol. The van der Waals surface area contributed by atoms with Gasteiger partial charge in [-0.1, -0.05) is 40.5 Å². The van der Waals surface area contributed by atoms with Crippen molar-refractivity contribution in [1.82, 2.24) is 10.2 Å². The Morgan fingerprint density at radius 1 is 1.06 bits per heavy atom. The van der Waals surface area contributed by atoms with Gasteiger partial charge >= 0.3 is 0 Å². The first kappa shape index (κ1) is 16.9. The van der Waals surface area contributed by atoms with Crippen molar-refractivity contribution in [3.63, 3.8) is 0 Å². The monoisotopic (exact) mass is 242 g/mol. The number of unbranched alkanes of at least 4 members (excludes halogenated alkanes) is 1. The van der Waals surface area contributed by atoms with Crippen molar-refractivity contribution in [3.05, 3.63) is 0 Å². The number of hydrogen-bond acceptors (Lipinski definition) is 2. The number of nitrogens with one attached hydrogen (secondary N) is 1. The maximum Gasteiger partial charge on any atom is 0.0199 e. The van der Waals surface area contributed by atoms with E-state index in [1.165, 1.54) is 32.1 Å². The third-order valence-corrected chi connectivity index (χ3v) is 3.21. The van der Waals surface area contributed by atoms with Gasteiger partial charge in [0.25, 0.3) is 0 Å². The highest BCUT2D eigenvalue weighted by Crippen LogP contribution is 2.10. The van der Waals surface area contributed by atoms with Crippen LogP contribution in [0.5, 0.6) is 0 Å². The van der Waals surface area contributed by atoms with E-state index in [-0.39, 0.29) is 0 Å². The van der Waals surface area contributed by atoms with E-state index in [0.29, 0.717) is 12.1 Å². The summed E-state index contributed by atoms with van der Waals surface area (Å²) in [5, 5.41) is 3.86. The zero-order valence-electron chi connectivity index (χ0n) is 12.9. The largest absolute Gasteiger partial charge is 0.310 e. The van der Waals surface area contributed by atoms with Crippen LogP contribution in [0.25, 0.3) is 0 Å². The van der Waals surface area contributed by atoms with E-state index in [0.717, 1.165) is 12.5 Å². The van der Waals surface area contributed by atoms with Gasteiger partial charge in [-0.15, -0.1) is 0 Å². The number of rotatable bonds is 10. The van der Waals surface area contributed by atoms with Crippen molar-refractivity contribution in [2.75, 3.05) is 20.6 Å². The molecule has 0 aromatic heterocycles. The van der Waals surface area contributed by atoms with E-state index in [2.05, 4.69) is 52.0 Å². The molecule has 0 aliphatic rings. The summed E-state index contributed by atoms with van der Waals surface area (Å²) in [6, 6.07) is 1.35. The van der Waals surface area contributed by atoms with Crippen molar-refractivity contribution >= 4 is 0 Å². The highest BCUT2D eigenvalue weighted by atomic mass is 15.1. The lowest BCUT2D eigenvalue weighted by molar-refractivity contribution is 0.276. The second-order valence-electron chi connectivity index (χ2n) is 6.00. The Balaban J connectivity index is 4.16. The molecule has 0 aliphatic carbocycles. The average Bonchev–Trinajstić information content (AvgIpc) is 2.22. The van der Waals surface area contributed by atoms with E-state index >= 15 is 0 Å². The fourth-order valence-corrected chi connectivity index (χ4v) is 2.39. The molecule has 0 radical (unpaired) electrons. The van der Waals surface area contributed by atoms with Crippen LogP contribution >= 0.6 is 0 Å². The van der Waals surface area contributed by atoms with Gasteiger partial charge in [0.2, 0.25) is 0 Å². The van der Waals surface area contributed by atoms with Crippen LogP contribution in [-0.2, 0) is 0 Å². The van der Waals surface area contributed by atoms with Crippen molar-refractivity contribution in [1.29, 1.82) is 0 Å². The Morgan fingerprint density at radius 2 is 1.71 bits per heavy atom. The van der Waals surface area contributed by atoms with Crippen molar-refractivity contribution < 1.29 is 0 Å². The molecule has 0 amide bonds. The van der Waals surface area contributed by atoms with E-state index < -0.39 is 0 Å². The average molecular weight is 242 g/mol. The normalized spacial score (nSPS) is 15.5. The van der Waals surface area contributed by atoms with Crippen LogP contribution < -0.4 is 5.32 Å². The van der Waals surface area contributed by atoms with Gasteiger partial charge in [-0.2, -0.15) is 0 Å². The van der Waals surface area contributed by atoms with Gasteiger partial charge < -0.3 is 10.2 Å². The Kier molecular flexibility index (Phi) is 9.85. The maximum absolute atomic E-state index is 3.86. The predicted molar refractivity (Wildman–Crippen MR) is 78.5 cm³/mol. The molecule has 0 saturated carbocycles. The lowest BCUT2D eigenvalue weighted by atomic mass is 10.0. The third-order valence-electron chi connectivity index (χ3n) is 3.21. The van der Waals surface area contributed by atoms with E-state index in [4.69, 9.17) is 0 Å². The van der Waals surface area contributed by atoms with E-state index in [1.54, 1.807) is 0 Å². The molecule has 0 rings (SSSR count). The van der Waals surface area contributed by atoms with Gasteiger partial charge in [0.05, 0.1) is 0 Å². The van der Waals surface area contributed by atoms with Gasteiger partial charge in [-0.05, 0) is 39.3 Å². The van der Waals surface area contributed by atoms with Crippen LogP contribution in [0.3, 0.4) is 0 Å². The molecule has 0 bridgehead atoms. The van der Waals surface area contributed by atoms with Gasteiger partial charge in [0.1, 0.15) is 0 Å². The van der Waals surface area contributed by atoms with Gasteiger partial charge in [0.15, 0.2) is 0 Å². The number of likely N-dealkylation sites (N-methyl/N-ethyl adjacent to an activating group) is 1. The standard InChI is InChI=1S/C15H34N2/c1-7-9-10-14(8-2)16-15(11-13(3)4)12-17(5)6/h13-16H,7-12H2,1-6H3. The van der Waals surface area contributed by atoms with Crippen LogP contribution in [0.2, 0.25) is 0 Å². The van der Waals surface area contributed by atoms with Crippen molar-refractivity contribution in [2.24, 2.45) is 5.92 Å². The van der Waals surface area contributed by atoms with Crippen LogP contribution in [0, 0.1) is 5.92 Å². The molecule has 2 nitrogen and oxygen atoms in total. The van der Waals surface area contributed by atoms with E-state index in [9.17, 15) is 0 Å². The fourth-order valence-electron chi connectivity index (χ4n) is 2.39. The highest BCUT2D eigenvalue weighted by Gasteiger charge is 2.15. The summed E-state index contributed by atoms with van der Waals surface area (Å²) in [4.78, 5) is 2.30. The second kappa shape index (κ2) is 9.90. The zero-order valence-corrected chi connectivity index (χ0v) is 12.9. The minimum Gasteiger partial charge on any atom is -0.310 e. The molecule has 0 aromatic rings. The molecule has 0 heterocycles. The Morgan fingerprint density at radius 3 is 2.12 bits per heavy atom. The Hall–Kier alpha value is -0.0800. The van der Waals surface area contributed by atoms with Crippen LogP contribution in [0.1, 0.15) is 59.8 Å². The summed E-state index contributed by atoms with van der Waals surface area (Å²) in [5.74, 6) is 0.774. The third kappa shape index (κ3) is 9.61. The quantitative estimate of drug-likeness (QED) is 0.630. The summed E-state index contributed by atoms with van der Waals surface area (Å²) >= 11 is 0. The zero-order chi connectivity index (χ0) is 13.3. The fraction of sp³-hybridized carbons (Fsp3) is 1.00. The molecule has 1 N–H and O–H groups in total. The maximum atomic E-state index is 3.86. The SMILES string of the molecule is CCCCC(CC)NC(CC(C)C)CN(C)C. The van der Waals surface area contributed by atoms with Gasteiger partial charge in [-0.25, -0.2) is 0 Å². The second-order valence-corrected chi connectivity index (χ2v) is 6.00. The molecule has 2 atom stereocenters.